The lowest BCUT2D eigenvalue weighted by Gasteiger charge is -2.42. The molecule has 1 N–H and O–H groups in total. The Labute approximate surface area is 100 Å². The lowest BCUT2D eigenvalue weighted by molar-refractivity contribution is 0.0820. The SMILES string of the molecule is CCC1(NC(=O)c2cnccc2Cl)CCC1. The fraction of sp³-hybridized carbons (Fsp3) is 0.500. The summed E-state index contributed by atoms with van der Waals surface area (Å²) >= 11 is 5.95. The fourth-order valence-electron chi connectivity index (χ4n) is 2.02. The van der Waals surface area contributed by atoms with Gasteiger partial charge in [0.2, 0.25) is 0 Å². The van der Waals surface area contributed by atoms with Crippen molar-refractivity contribution < 1.29 is 4.79 Å². The van der Waals surface area contributed by atoms with Gasteiger partial charge in [-0.3, -0.25) is 9.78 Å². The zero-order chi connectivity index (χ0) is 11.6. The molecule has 0 atom stereocenters. The molecule has 86 valence electrons. The Kier molecular flexibility index (Phi) is 3.15. The zero-order valence-electron chi connectivity index (χ0n) is 9.29. The molecule has 1 aliphatic carbocycles. The maximum absolute atomic E-state index is 12.0. The Balaban J connectivity index is 2.11. The highest BCUT2D eigenvalue weighted by atomic mass is 35.5. The van der Waals surface area contributed by atoms with E-state index < -0.39 is 0 Å². The highest BCUT2D eigenvalue weighted by Crippen LogP contribution is 2.35. The van der Waals surface area contributed by atoms with Gasteiger partial charge in [-0.2, -0.15) is 0 Å². The van der Waals surface area contributed by atoms with Crippen LogP contribution in [0.3, 0.4) is 0 Å². The quantitative estimate of drug-likeness (QED) is 0.880. The van der Waals surface area contributed by atoms with Crippen molar-refractivity contribution in [1.82, 2.24) is 10.3 Å². The second-order valence-corrected chi connectivity index (χ2v) is 4.70. The second-order valence-electron chi connectivity index (χ2n) is 4.30. The van der Waals surface area contributed by atoms with Gasteiger partial charge in [-0.15, -0.1) is 0 Å². The molecule has 1 aliphatic rings. The molecule has 3 nitrogen and oxygen atoms in total. The van der Waals surface area contributed by atoms with E-state index in [9.17, 15) is 4.79 Å². The van der Waals surface area contributed by atoms with Gasteiger partial charge < -0.3 is 5.32 Å². The molecule has 4 heteroatoms. The van der Waals surface area contributed by atoms with Crippen LogP contribution in [0, 0.1) is 0 Å². The molecule has 0 aliphatic heterocycles. The van der Waals surface area contributed by atoms with Crippen LogP contribution >= 0.6 is 11.6 Å². The Morgan fingerprint density at radius 1 is 1.62 bits per heavy atom. The largest absolute Gasteiger partial charge is 0.347 e. The van der Waals surface area contributed by atoms with Gasteiger partial charge in [0.25, 0.3) is 5.91 Å². The number of hydrogen-bond donors (Lipinski definition) is 1. The minimum Gasteiger partial charge on any atom is -0.347 e. The minimum atomic E-state index is -0.111. The van der Waals surface area contributed by atoms with Crippen LogP contribution < -0.4 is 5.32 Å². The Hall–Kier alpha value is -1.09. The smallest absolute Gasteiger partial charge is 0.254 e. The summed E-state index contributed by atoms with van der Waals surface area (Å²) in [5.41, 5.74) is 0.458. The van der Waals surface area contributed by atoms with Crippen LogP contribution in [0.25, 0.3) is 0 Å². The zero-order valence-corrected chi connectivity index (χ0v) is 10.0. The van der Waals surface area contributed by atoms with Crippen LogP contribution in [0.1, 0.15) is 43.0 Å². The standard InChI is InChI=1S/C12H15ClN2O/c1-2-12(5-3-6-12)15-11(16)9-8-14-7-4-10(9)13/h4,7-8H,2-3,5-6H2,1H3,(H,15,16). The van der Waals surface area contributed by atoms with Crippen molar-refractivity contribution in [2.75, 3.05) is 0 Å². The molecule has 1 aromatic heterocycles. The van der Waals surface area contributed by atoms with Gasteiger partial charge in [0.15, 0.2) is 0 Å². The number of carbonyl (C=O) groups excluding carboxylic acids is 1. The Morgan fingerprint density at radius 3 is 2.88 bits per heavy atom. The monoisotopic (exact) mass is 238 g/mol. The highest BCUT2D eigenvalue weighted by Gasteiger charge is 2.36. The van der Waals surface area contributed by atoms with Crippen LogP contribution in [-0.4, -0.2) is 16.4 Å². The minimum absolute atomic E-state index is 0.00372. The van der Waals surface area contributed by atoms with E-state index in [2.05, 4.69) is 17.2 Å². The first kappa shape index (κ1) is 11.4. The Bertz CT molecular complexity index is 396. The predicted octanol–water partition coefficient (Wildman–Crippen LogP) is 2.80. The van der Waals surface area contributed by atoms with Crippen molar-refractivity contribution in [3.8, 4) is 0 Å². The van der Waals surface area contributed by atoms with Crippen molar-refractivity contribution in [2.45, 2.75) is 38.1 Å². The van der Waals surface area contributed by atoms with Crippen LogP contribution in [0.5, 0.6) is 0 Å². The average molecular weight is 239 g/mol. The summed E-state index contributed by atoms with van der Waals surface area (Å²) in [5, 5.41) is 3.53. The molecule has 1 heterocycles. The third-order valence-corrected chi connectivity index (χ3v) is 3.71. The normalized spacial score (nSPS) is 17.6. The summed E-state index contributed by atoms with van der Waals surface area (Å²) in [5.74, 6) is -0.111. The third kappa shape index (κ3) is 2.05. The lowest BCUT2D eigenvalue weighted by atomic mass is 9.74. The molecule has 0 saturated heterocycles. The first-order valence-corrected chi connectivity index (χ1v) is 5.97. The molecular formula is C12H15ClN2O. The van der Waals surface area contributed by atoms with Gasteiger partial charge in [-0.05, 0) is 31.7 Å². The van der Waals surface area contributed by atoms with Gasteiger partial charge in [0.1, 0.15) is 0 Å². The van der Waals surface area contributed by atoms with E-state index in [-0.39, 0.29) is 11.4 Å². The molecule has 1 fully saturated rings. The molecule has 0 radical (unpaired) electrons. The number of aromatic nitrogens is 1. The Morgan fingerprint density at radius 2 is 2.38 bits per heavy atom. The van der Waals surface area contributed by atoms with E-state index in [4.69, 9.17) is 11.6 Å². The first-order chi connectivity index (χ1) is 7.67. The summed E-state index contributed by atoms with van der Waals surface area (Å²) < 4.78 is 0. The van der Waals surface area contributed by atoms with Crippen molar-refractivity contribution in [1.29, 1.82) is 0 Å². The van der Waals surface area contributed by atoms with Crippen LogP contribution in [0.4, 0.5) is 0 Å². The molecule has 0 aromatic carbocycles. The summed E-state index contributed by atoms with van der Waals surface area (Å²) in [6, 6.07) is 1.63. The molecule has 0 bridgehead atoms. The summed E-state index contributed by atoms with van der Waals surface area (Å²) in [6.07, 6.45) is 7.38. The maximum atomic E-state index is 12.0. The fourth-order valence-corrected chi connectivity index (χ4v) is 2.21. The highest BCUT2D eigenvalue weighted by molar-refractivity contribution is 6.33. The summed E-state index contributed by atoms with van der Waals surface area (Å²) in [7, 11) is 0. The van der Waals surface area contributed by atoms with Gasteiger partial charge in [-0.1, -0.05) is 18.5 Å². The molecule has 16 heavy (non-hydrogen) atoms. The van der Waals surface area contributed by atoms with Crippen LogP contribution in [-0.2, 0) is 0 Å². The number of amides is 1. The van der Waals surface area contributed by atoms with Gasteiger partial charge in [0.05, 0.1) is 10.6 Å². The number of nitrogens with one attached hydrogen (secondary N) is 1. The van der Waals surface area contributed by atoms with Crippen molar-refractivity contribution in [2.24, 2.45) is 0 Å². The second kappa shape index (κ2) is 4.42. The number of hydrogen-bond acceptors (Lipinski definition) is 2. The molecule has 1 aromatic rings. The van der Waals surface area contributed by atoms with E-state index in [0.717, 1.165) is 19.3 Å². The van der Waals surface area contributed by atoms with Crippen LogP contribution in [0.2, 0.25) is 5.02 Å². The molecule has 2 rings (SSSR count). The maximum Gasteiger partial charge on any atom is 0.254 e. The molecule has 1 saturated carbocycles. The number of carbonyl (C=O) groups is 1. The molecular weight excluding hydrogens is 224 g/mol. The topological polar surface area (TPSA) is 42.0 Å². The van der Waals surface area contributed by atoms with Crippen molar-refractivity contribution in [3.05, 3.63) is 29.0 Å². The van der Waals surface area contributed by atoms with E-state index in [1.165, 1.54) is 12.6 Å². The van der Waals surface area contributed by atoms with E-state index in [1.807, 2.05) is 0 Å². The van der Waals surface area contributed by atoms with Gasteiger partial charge in [0, 0.05) is 17.9 Å². The van der Waals surface area contributed by atoms with E-state index in [1.54, 1.807) is 12.3 Å². The van der Waals surface area contributed by atoms with Crippen molar-refractivity contribution in [3.63, 3.8) is 0 Å². The predicted molar refractivity (Wildman–Crippen MR) is 63.6 cm³/mol. The molecule has 0 spiro atoms. The number of pyridine rings is 1. The lowest BCUT2D eigenvalue weighted by Crippen LogP contribution is -2.53. The molecule has 0 unspecified atom stereocenters. The summed E-state index contributed by atoms with van der Waals surface area (Å²) in [6.45, 7) is 2.10. The van der Waals surface area contributed by atoms with Gasteiger partial charge >= 0.3 is 0 Å². The number of rotatable bonds is 3. The first-order valence-electron chi connectivity index (χ1n) is 5.59. The third-order valence-electron chi connectivity index (χ3n) is 3.38. The van der Waals surface area contributed by atoms with Crippen molar-refractivity contribution >= 4 is 17.5 Å². The van der Waals surface area contributed by atoms with E-state index >= 15 is 0 Å². The summed E-state index contributed by atoms with van der Waals surface area (Å²) in [4.78, 5) is 15.9. The van der Waals surface area contributed by atoms with E-state index in [0.29, 0.717) is 10.6 Å². The number of halogens is 1. The van der Waals surface area contributed by atoms with Gasteiger partial charge in [-0.25, -0.2) is 0 Å². The molecule has 1 amide bonds. The van der Waals surface area contributed by atoms with Crippen LogP contribution in [0.15, 0.2) is 18.5 Å². The average Bonchev–Trinajstić information content (AvgIpc) is 2.24. The number of nitrogens with zero attached hydrogens (tertiary/aromatic N) is 1.